The number of benzene rings is 3. The molecule has 3 aromatic rings. The average Bonchev–Trinajstić information content (AvgIpc) is 3.20. The quantitative estimate of drug-likeness (QED) is 0.316. The van der Waals surface area contributed by atoms with Gasteiger partial charge in [0, 0.05) is 25.2 Å². The van der Waals surface area contributed by atoms with Gasteiger partial charge in [-0.3, -0.25) is 24.1 Å². The number of fused-ring (bicyclic) bond motifs is 2. The fourth-order valence-corrected chi connectivity index (χ4v) is 4.49. The van der Waals surface area contributed by atoms with Gasteiger partial charge in [-0.1, -0.05) is 12.1 Å². The van der Waals surface area contributed by atoms with E-state index in [1.165, 1.54) is 0 Å². The molecule has 0 bridgehead atoms. The molecule has 0 aliphatic carbocycles. The van der Waals surface area contributed by atoms with Gasteiger partial charge in [-0.2, -0.15) is 0 Å². The van der Waals surface area contributed by atoms with Crippen molar-refractivity contribution in [3.05, 3.63) is 77.9 Å². The second-order valence-electron chi connectivity index (χ2n) is 9.00. The van der Waals surface area contributed by atoms with Gasteiger partial charge in [0.15, 0.2) is 6.61 Å². The second kappa shape index (κ2) is 11.3. The van der Waals surface area contributed by atoms with Gasteiger partial charge in [-0.25, -0.2) is 0 Å². The summed E-state index contributed by atoms with van der Waals surface area (Å²) in [6.07, 6.45) is 0.512. The van der Waals surface area contributed by atoms with Crippen LogP contribution in [0.15, 0.2) is 66.7 Å². The highest BCUT2D eigenvalue weighted by atomic mass is 16.5. The summed E-state index contributed by atoms with van der Waals surface area (Å²) in [5.74, 6) is 0.615. The standard InChI is InChI=1S/C29H27N3O7/c1-37-20-8-10-21(11-9-20)38-16-4-14-31-24-17-19(7-12-25(24)39-18-27(31)34)30-26(33)13-15-32-28(35)22-5-2-3-6-23(22)29(32)36/h2-3,5-12,17H,4,13-16,18H2,1H3,(H,30,33). The number of hydrogen-bond donors (Lipinski definition) is 1. The monoisotopic (exact) mass is 529 g/mol. The van der Waals surface area contributed by atoms with Gasteiger partial charge >= 0.3 is 0 Å². The molecule has 3 aromatic carbocycles. The van der Waals surface area contributed by atoms with Gasteiger partial charge in [0.25, 0.3) is 17.7 Å². The van der Waals surface area contributed by atoms with Crippen LogP contribution in [-0.4, -0.2) is 61.9 Å². The third-order valence-electron chi connectivity index (χ3n) is 6.48. The number of hydrogen-bond acceptors (Lipinski definition) is 7. The molecule has 0 spiro atoms. The van der Waals surface area contributed by atoms with Crippen LogP contribution in [0.5, 0.6) is 17.2 Å². The summed E-state index contributed by atoms with van der Waals surface area (Å²) in [6, 6.07) is 18.9. The van der Waals surface area contributed by atoms with Crippen molar-refractivity contribution in [2.75, 3.05) is 43.6 Å². The Balaban J connectivity index is 1.16. The molecule has 0 saturated heterocycles. The van der Waals surface area contributed by atoms with E-state index in [4.69, 9.17) is 14.2 Å². The molecule has 10 nitrogen and oxygen atoms in total. The molecule has 5 rings (SSSR count). The number of rotatable bonds is 10. The molecule has 2 heterocycles. The minimum absolute atomic E-state index is 0.0367. The summed E-state index contributed by atoms with van der Waals surface area (Å²) >= 11 is 0. The Morgan fingerprint density at radius 2 is 1.59 bits per heavy atom. The molecule has 0 fully saturated rings. The molecule has 0 saturated carbocycles. The zero-order valence-electron chi connectivity index (χ0n) is 21.3. The van der Waals surface area contributed by atoms with Gasteiger partial charge < -0.3 is 24.4 Å². The summed E-state index contributed by atoms with van der Waals surface area (Å²) in [5, 5.41) is 2.78. The highest BCUT2D eigenvalue weighted by molar-refractivity contribution is 6.21. The Morgan fingerprint density at radius 1 is 0.897 bits per heavy atom. The first-order valence-electron chi connectivity index (χ1n) is 12.5. The number of carbonyl (C=O) groups is 4. The molecule has 2 aliphatic heterocycles. The Bertz CT molecular complexity index is 1390. The van der Waals surface area contributed by atoms with E-state index in [1.807, 2.05) is 24.3 Å². The van der Waals surface area contributed by atoms with Gasteiger partial charge in [0.2, 0.25) is 5.91 Å². The highest BCUT2D eigenvalue weighted by Gasteiger charge is 2.35. The van der Waals surface area contributed by atoms with E-state index in [2.05, 4.69) is 5.32 Å². The van der Waals surface area contributed by atoms with Crippen molar-refractivity contribution in [3.63, 3.8) is 0 Å². The minimum atomic E-state index is -0.403. The topological polar surface area (TPSA) is 114 Å². The van der Waals surface area contributed by atoms with Crippen LogP contribution in [0.3, 0.4) is 0 Å². The van der Waals surface area contributed by atoms with Crippen LogP contribution in [0.25, 0.3) is 0 Å². The number of anilines is 2. The van der Waals surface area contributed by atoms with E-state index in [0.717, 1.165) is 10.6 Å². The van der Waals surface area contributed by atoms with Crippen molar-refractivity contribution < 1.29 is 33.4 Å². The van der Waals surface area contributed by atoms with Crippen LogP contribution in [0.4, 0.5) is 11.4 Å². The molecular formula is C29H27N3O7. The summed E-state index contributed by atoms with van der Waals surface area (Å²) in [5.41, 5.74) is 1.71. The van der Waals surface area contributed by atoms with Crippen molar-refractivity contribution in [3.8, 4) is 17.2 Å². The molecule has 4 amide bonds. The summed E-state index contributed by atoms with van der Waals surface area (Å²) in [4.78, 5) is 53.0. The van der Waals surface area contributed by atoms with Gasteiger partial charge in [0.1, 0.15) is 17.2 Å². The number of amides is 4. The van der Waals surface area contributed by atoms with E-state index in [0.29, 0.717) is 53.6 Å². The third-order valence-corrected chi connectivity index (χ3v) is 6.48. The van der Waals surface area contributed by atoms with Crippen LogP contribution < -0.4 is 24.4 Å². The molecule has 10 heteroatoms. The lowest BCUT2D eigenvalue weighted by molar-refractivity contribution is -0.121. The molecule has 39 heavy (non-hydrogen) atoms. The molecule has 2 aliphatic rings. The van der Waals surface area contributed by atoms with Crippen LogP contribution in [0.2, 0.25) is 0 Å². The Labute approximate surface area is 225 Å². The largest absolute Gasteiger partial charge is 0.497 e. The Hall–Kier alpha value is -4.86. The first-order valence-corrected chi connectivity index (χ1v) is 12.5. The Morgan fingerprint density at radius 3 is 2.28 bits per heavy atom. The fraction of sp³-hybridized carbons (Fsp3) is 0.241. The van der Waals surface area contributed by atoms with E-state index in [-0.39, 0.29) is 31.4 Å². The van der Waals surface area contributed by atoms with Crippen molar-refractivity contribution in [2.45, 2.75) is 12.8 Å². The molecule has 1 N–H and O–H groups in total. The minimum Gasteiger partial charge on any atom is -0.497 e. The zero-order valence-corrected chi connectivity index (χ0v) is 21.3. The number of nitrogens with zero attached hydrogens (tertiary/aromatic N) is 2. The molecule has 0 atom stereocenters. The number of imide groups is 1. The lowest BCUT2D eigenvalue weighted by atomic mass is 10.1. The molecule has 0 unspecified atom stereocenters. The van der Waals surface area contributed by atoms with Crippen LogP contribution in [0, 0.1) is 0 Å². The summed E-state index contributed by atoms with van der Waals surface area (Å²) in [7, 11) is 1.60. The number of ether oxygens (including phenoxy) is 3. The third kappa shape index (κ3) is 5.54. The average molecular weight is 530 g/mol. The fourth-order valence-electron chi connectivity index (χ4n) is 4.49. The maximum Gasteiger partial charge on any atom is 0.265 e. The van der Waals surface area contributed by atoms with Crippen LogP contribution >= 0.6 is 0 Å². The first kappa shape index (κ1) is 25.8. The van der Waals surface area contributed by atoms with Crippen molar-refractivity contribution in [1.29, 1.82) is 0 Å². The molecular weight excluding hydrogens is 502 g/mol. The van der Waals surface area contributed by atoms with E-state index < -0.39 is 11.8 Å². The summed E-state index contributed by atoms with van der Waals surface area (Å²) in [6.45, 7) is 0.701. The van der Waals surface area contributed by atoms with E-state index >= 15 is 0 Å². The van der Waals surface area contributed by atoms with E-state index in [9.17, 15) is 19.2 Å². The van der Waals surface area contributed by atoms with Crippen molar-refractivity contribution in [1.82, 2.24) is 4.90 Å². The second-order valence-corrected chi connectivity index (χ2v) is 9.00. The zero-order chi connectivity index (χ0) is 27.4. The number of nitrogens with one attached hydrogen (secondary N) is 1. The van der Waals surface area contributed by atoms with Crippen LogP contribution in [0.1, 0.15) is 33.6 Å². The van der Waals surface area contributed by atoms with Gasteiger partial charge in [-0.15, -0.1) is 0 Å². The lowest BCUT2D eigenvalue weighted by Crippen LogP contribution is -2.39. The lowest BCUT2D eigenvalue weighted by Gasteiger charge is -2.30. The van der Waals surface area contributed by atoms with Crippen molar-refractivity contribution in [2.24, 2.45) is 0 Å². The van der Waals surface area contributed by atoms with Gasteiger partial charge in [0.05, 0.1) is 30.5 Å². The maximum atomic E-state index is 12.7. The van der Waals surface area contributed by atoms with Crippen molar-refractivity contribution >= 4 is 35.0 Å². The number of carbonyl (C=O) groups excluding carboxylic acids is 4. The highest BCUT2D eigenvalue weighted by Crippen LogP contribution is 2.35. The number of methoxy groups -OCH3 is 1. The molecule has 200 valence electrons. The summed E-state index contributed by atoms with van der Waals surface area (Å²) < 4.78 is 16.5. The Kier molecular flexibility index (Phi) is 7.44. The van der Waals surface area contributed by atoms with E-state index in [1.54, 1.807) is 54.5 Å². The first-order chi connectivity index (χ1) is 18.9. The smallest absolute Gasteiger partial charge is 0.265 e. The predicted molar refractivity (Wildman–Crippen MR) is 142 cm³/mol. The molecule has 0 aromatic heterocycles. The van der Waals surface area contributed by atoms with Gasteiger partial charge in [-0.05, 0) is 61.0 Å². The molecule has 0 radical (unpaired) electrons. The normalized spacial score (nSPS) is 14.0. The van der Waals surface area contributed by atoms with Crippen LogP contribution in [-0.2, 0) is 9.59 Å². The predicted octanol–water partition coefficient (Wildman–Crippen LogP) is 3.51. The maximum absolute atomic E-state index is 12.7. The SMILES string of the molecule is COc1ccc(OCCCN2C(=O)COc3ccc(NC(=O)CCN4C(=O)c5ccccc5C4=O)cc32)cc1.